The zero-order valence-corrected chi connectivity index (χ0v) is 18.2. The summed E-state index contributed by atoms with van der Waals surface area (Å²) in [5.74, 6) is 1.71. The number of aryl methyl sites for hydroxylation is 1. The largest absolute Gasteiger partial charge is 0.497 e. The van der Waals surface area contributed by atoms with Crippen LogP contribution < -0.4 is 25.4 Å². The number of halogens is 1. The van der Waals surface area contributed by atoms with Crippen LogP contribution in [0.4, 0.5) is 11.4 Å². The van der Waals surface area contributed by atoms with Crippen molar-refractivity contribution in [3.63, 3.8) is 0 Å². The molecule has 2 aromatic rings. The molecule has 0 atom stereocenters. The Morgan fingerprint density at radius 2 is 1.85 bits per heavy atom. The van der Waals surface area contributed by atoms with Crippen LogP contribution >= 0.6 is 24.0 Å². The van der Waals surface area contributed by atoms with Crippen molar-refractivity contribution in [2.75, 3.05) is 38.5 Å². The van der Waals surface area contributed by atoms with Crippen LogP contribution in [0.2, 0.25) is 0 Å². The molecule has 0 aliphatic rings. The van der Waals surface area contributed by atoms with Crippen molar-refractivity contribution in [3.05, 3.63) is 47.5 Å². The first-order valence-electron chi connectivity index (χ1n) is 8.00. The van der Waals surface area contributed by atoms with Crippen molar-refractivity contribution in [3.8, 4) is 11.5 Å². The van der Waals surface area contributed by atoms with Crippen LogP contribution in [-0.4, -0.2) is 34.3 Å². The summed E-state index contributed by atoms with van der Waals surface area (Å²) >= 11 is 0. The lowest BCUT2D eigenvalue weighted by molar-refractivity contribution is 0.405. The molecule has 0 spiro atoms. The van der Waals surface area contributed by atoms with Crippen LogP contribution in [0.25, 0.3) is 0 Å². The van der Waals surface area contributed by atoms with Gasteiger partial charge in [-0.3, -0.25) is 0 Å². The molecule has 0 radical (unpaired) electrons. The number of benzene rings is 2. The maximum absolute atomic E-state index is 6.03. The number of methoxy groups -OCH3 is 2. The van der Waals surface area contributed by atoms with Gasteiger partial charge in [0.2, 0.25) is 0 Å². The van der Waals surface area contributed by atoms with Crippen LogP contribution in [0, 0.1) is 6.92 Å². The second-order valence-electron chi connectivity index (χ2n) is 5.90. The molecule has 0 unspecified atom stereocenters. The molecule has 0 fully saturated rings. The van der Waals surface area contributed by atoms with Gasteiger partial charge in [-0.2, -0.15) is 0 Å². The molecule has 0 aliphatic heterocycles. The van der Waals surface area contributed by atoms with E-state index in [1.807, 2.05) is 32.3 Å². The fraction of sp³-hybridized carbons (Fsp3) is 0.316. The molecule has 0 saturated heterocycles. The number of anilines is 2. The Morgan fingerprint density at radius 1 is 1.12 bits per heavy atom. The van der Waals surface area contributed by atoms with Gasteiger partial charge >= 0.3 is 0 Å². The van der Waals surface area contributed by atoms with Gasteiger partial charge in [0, 0.05) is 25.8 Å². The first-order valence-corrected chi connectivity index (χ1v) is 8.00. The highest BCUT2D eigenvalue weighted by Gasteiger charge is 2.07. The minimum Gasteiger partial charge on any atom is -0.497 e. The van der Waals surface area contributed by atoms with Gasteiger partial charge in [-0.15, -0.1) is 24.0 Å². The van der Waals surface area contributed by atoms with Crippen LogP contribution in [0.5, 0.6) is 11.5 Å². The second-order valence-corrected chi connectivity index (χ2v) is 5.90. The maximum atomic E-state index is 6.03. The fourth-order valence-electron chi connectivity index (χ4n) is 2.40. The highest BCUT2D eigenvalue weighted by Crippen LogP contribution is 2.28. The van der Waals surface area contributed by atoms with E-state index in [0.717, 1.165) is 11.3 Å². The Hall–Kier alpha value is -2.16. The standard InChI is InChI=1S/C19H26N4O2.HI/c1-13-10-15(23(2)3)7-6-14(13)12-21-19(20)22-17-11-16(24-4)8-9-18(17)25-5;/h6-11H,12H2,1-5H3,(H3,20,21,22);1H. The number of nitrogens with two attached hydrogens (primary N) is 1. The van der Waals surface area contributed by atoms with Crippen molar-refractivity contribution in [1.29, 1.82) is 0 Å². The summed E-state index contributed by atoms with van der Waals surface area (Å²) in [6.07, 6.45) is 0. The number of nitrogens with one attached hydrogen (secondary N) is 1. The van der Waals surface area contributed by atoms with Crippen molar-refractivity contribution in [1.82, 2.24) is 0 Å². The molecule has 2 aromatic carbocycles. The molecule has 3 N–H and O–H groups in total. The van der Waals surface area contributed by atoms with Crippen LogP contribution in [0.1, 0.15) is 11.1 Å². The molecular formula is C19H27IN4O2. The van der Waals surface area contributed by atoms with Crippen LogP contribution in [0.15, 0.2) is 41.4 Å². The summed E-state index contributed by atoms with van der Waals surface area (Å²) in [4.78, 5) is 6.50. The molecule has 0 saturated carbocycles. The lowest BCUT2D eigenvalue weighted by Gasteiger charge is -2.15. The van der Waals surface area contributed by atoms with Crippen molar-refractivity contribution < 1.29 is 9.47 Å². The summed E-state index contributed by atoms with van der Waals surface area (Å²) in [7, 11) is 7.27. The Bertz CT molecular complexity index is 763. The maximum Gasteiger partial charge on any atom is 0.193 e. The first-order chi connectivity index (χ1) is 11.9. The molecule has 2 rings (SSSR count). The Morgan fingerprint density at radius 3 is 2.42 bits per heavy atom. The molecule has 0 heterocycles. The van der Waals surface area contributed by atoms with E-state index in [-0.39, 0.29) is 24.0 Å². The van der Waals surface area contributed by atoms with Gasteiger partial charge in [-0.05, 0) is 42.3 Å². The van der Waals surface area contributed by atoms with Gasteiger partial charge in [0.15, 0.2) is 5.96 Å². The van der Waals surface area contributed by atoms with Crippen molar-refractivity contribution >= 4 is 41.3 Å². The SMILES string of the molecule is COc1ccc(OC)c(NC(N)=NCc2ccc(N(C)C)cc2C)c1.I. The van der Waals surface area contributed by atoms with E-state index in [9.17, 15) is 0 Å². The second kappa shape index (κ2) is 10.1. The van der Waals surface area contributed by atoms with E-state index < -0.39 is 0 Å². The number of hydrogen-bond donors (Lipinski definition) is 2. The average Bonchev–Trinajstić information content (AvgIpc) is 2.60. The smallest absolute Gasteiger partial charge is 0.193 e. The third-order valence-electron chi connectivity index (χ3n) is 3.93. The van der Waals surface area contributed by atoms with Crippen molar-refractivity contribution in [2.24, 2.45) is 10.7 Å². The normalized spacial score (nSPS) is 10.7. The molecule has 0 aromatic heterocycles. The Labute approximate surface area is 172 Å². The molecule has 0 amide bonds. The highest BCUT2D eigenvalue weighted by molar-refractivity contribution is 14.0. The number of rotatable bonds is 6. The van der Waals surface area contributed by atoms with Gasteiger partial charge in [0.25, 0.3) is 0 Å². The summed E-state index contributed by atoms with van der Waals surface area (Å²) in [5, 5.41) is 3.07. The van der Waals surface area contributed by atoms with E-state index in [1.54, 1.807) is 14.2 Å². The monoisotopic (exact) mass is 470 g/mol. The van der Waals surface area contributed by atoms with Crippen molar-refractivity contribution in [2.45, 2.75) is 13.5 Å². The van der Waals surface area contributed by atoms with Crippen LogP contribution in [0.3, 0.4) is 0 Å². The predicted octanol–water partition coefficient (Wildman–Crippen LogP) is 3.62. The molecule has 26 heavy (non-hydrogen) atoms. The van der Waals surface area contributed by atoms with E-state index >= 15 is 0 Å². The number of nitrogens with zero attached hydrogens (tertiary/aromatic N) is 2. The molecular weight excluding hydrogens is 443 g/mol. The Kier molecular flexibility index (Phi) is 8.50. The minimum atomic E-state index is 0. The molecule has 7 heteroatoms. The lowest BCUT2D eigenvalue weighted by Crippen LogP contribution is -2.23. The number of guanidine groups is 1. The van der Waals surface area contributed by atoms with Gasteiger partial charge in [0.05, 0.1) is 26.5 Å². The number of aliphatic imine (C=N–C) groups is 1. The quantitative estimate of drug-likeness (QED) is 0.384. The zero-order chi connectivity index (χ0) is 18.4. The van der Waals surface area contributed by atoms with E-state index in [0.29, 0.717) is 29.7 Å². The van der Waals surface area contributed by atoms with E-state index in [1.165, 1.54) is 5.56 Å². The van der Waals surface area contributed by atoms with Gasteiger partial charge < -0.3 is 25.4 Å². The summed E-state index contributed by atoms with van der Waals surface area (Å²) in [5.41, 5.74) is 10.2. The topological polar surface area (TPSA) is 72.1 Å². The van der Waals surface area contributed by atoms with Crippen LogP contribution in [-0.2, 0) is 6.54 Å². The minimum absolute atomic E-state index is 0. The van der Waals surface area contributed by atoms with E-state index in [2.05, 4.69) is 40.3 Å². The summed E-state index contributed by atoms with van der Waals surface area (Å²) in [6.45, 7) is 2.58. The highest BCUT2D eigenvalue weighted by atomic mass is 127. The molecule has 0 bridgehead atoms. The van der Waals surface area contributed by atoms with Gasteiger partial charge in [0.1, 0.15) is 11.5 Å². The zero-order valence-electron chi connectivity index (χ0n) is 15.9. The number of hydrogen-bond acceptors (Lipinski definition) is 4. The first kappa shape index (κ1) is 21.9. The molecule has 6 nitrogen and oxygen atoms in total. The summed E-state index contributed by atoms with van der Waals surface area (Å²) in [6, 6.07) is 11.8. The van der Waals surface area contributed by atoms with E-state index in [4.69, 9.17) is 15.2 Å². The third kappa shape index (κ3) is 5.69. The predicted molar refractivity (Wildman–Crippen MR) is 119 cm³/mol. The lowest BCUT2D eigenvalue weighted by atomic mass is 10.1. The third-order valence-corrected chi connectivity index (χ3v) is 3.93. The average molecular weight is 470 g/mol. The molecule has 142 valence electrons. The number of ether oxygens (including phenoxy) is 2. The Balaban J connectivity index is 0.00000338. The summed E-state index contributed by atoms with van der Waals surface area (Å²) < 4.78 is 10.6. The van der Waals surface area contributed by atoms with Gasteiger partial charge in [-0.1, -0.05) is 6.07 Å². The fourth-order valence-corrected chi connectivity index (χ4v) is 2.40. The molecule has 0 aliphatic carbocycles. The van der Waals surface area contributed by atoms with Gasteiger partial charge in [-0.25, -0.2) is 4.99 Å².